The van der Waals surface area contributed by atoms with Gasteiger partial charge in [-0.3, -0.25) is 9.59 Å². The summed E-state index contributed by atoms with van der Waals surface area (Å²) in [4.78, 5) is 24.9. The van der Waals surface area contributed by atoms with E-state index in [-0.39, 0.29) is 11.8 Å². The summed E-state index contributed by atoms with van der Waals surface area (Å²) in [5, 5.41) is 5.67. The summed E-state index contributed by atoms with van der Waals surface area (Å²) >= 11 is 0. The van der Waals surface area contributed by atoms with E-state index in [0.29, 0.717) is 29.0 Å². The predicted octanol–water partition coefficient (Wildman–Crippen LogP) is 3.43. The molecule has 0 saturated heterocycles. The van der Waals surface area contributed by atoms with E-state index in [1.807, 2.05) is 36.4 Å². The molecule has 0 fully saturated rings. The number of carbonyl (C=O) groups is 2. The van der Waals surface area contributed by atoms with Gasteiger partial charge >= 0.3 is 0 Å². The maximum atomic E-state index is 12.6. The molecule has 3 aromatic rings. The lowest BCUT2D eigenvalue weighted by Gasteiger charge is -2.13. The highest BCUT2D eigenvalue weighted by atomic mass is 16.2. The van der Waals surface area contributed by atoms with E-state index in [1.54, 1.807) is 30.3 Å². The normalized spacial score (nSPS) is 12.4. The van der Waals surface area contributed by atoms with Crippen molar-refractivity contribution in [3.8, 4) is 11.1 Å². The van der Waals surface area contributed by atoms with Crippen molar-refractivity contribution in [3.05, 3.63) is 83.4 Å². The van der Waals surface area contributed by atoms with Crippen LogP contribution in [0, 0.1) is 0 Å². The summed E-state index contributed by atoms with van der Waals surface area (Å²) in [6.07, 6.45) is 0. The zero-order chi connectivity index (χ0) is 18.1. The Balaban J connectivity index is 1.75. The molecule has 0 atom stereocenters. The standard InChI is InChI=1S/C21H17N3O2/c22-17-9-5-4-8-15(17)20(25)24-18-11-10-14(13-6-2-1-3-7-13)16-12-23-21(26)19(16)18/h1-11H,12,22H2,(H,23,26)(H,24,25). The minimum Gasteiger partial charge on any atom is -0.398 e. The molecule has 0 bridgehead atoms. The van der Waals surface area contributed by atoms with Gasteiger partial charge in [-0.25, -0.2) is 0 Å². The molecule has 0 aromatic heterocycles. The number of fused-ring (bicyclic) bond motifs is 1. The van der Waals surface area contributed by atoms with Crippen LogP contribution in [0.4, 0.5) is 11.4 Å². The summed E-state index contributed by atoms with van der Waals surface area (Å²) in [5.74, 6) is -0.522. The van der Waals surface area contributed by atoms with E-state index in [2.05, 4.69) is 10.6 Å². The SMILES string of the molecule is Nc1ccccc1C(=O)Nc1ccc(-c2ccccc2)c2c1C(=O)NC2. The van der Waals surface area contributed by atoms with Crippen LogP contribution in [0.25, 0.3) is 11.1 Å². The van der Waals surface area contributed by atoms with Gasteiger partial charge in [-0.1, -0.05) is 48.5 Å². The molecule has 5 heteroatoms. The van der Waals surface area contributed by atoms with Gasteiger partial charge in [0.2, 0.25) is 0 Å². The molecule has 1 heterocycles. The van der Waals surface area contributed by atoms with Crippen molar-refractivity contribution in [2.75, 3.05) is 11.1 Å². The molecule has 0 saturated carbocycles. The number of benzene rings is 3. The van der Waals surface area contributed by atoms with Crippen LogP contribution in [0.15, 0.2) is 66.7 Å². The summed E-state index contributed by atoms with van der Waals surface area (Å²) in [5.41, 5.74) is 10.6. The number of hydrogen-bond donors (Lipinski definition) is 3. The second-order valence-corrected chi connectivity index (χ2v) is 6.10. The molecule has 4 rings (SSSR count). The molecule has 2 amide bonds. The third kappa shape index (κ3) is 2.69. The largest absolute Gasteiger partial charge is 0.398 e. The Hall–Kier alpha value is -3.60. The topological polar surface area (TPSA) is 84.2 Å². The zero-order valence-electron chi connectivity index (χ0n) is 14.0. The fourth-order valence-electron chi connectivity index (χ4n) is 3.23. The molecular weight excluding hydrogens is 326 g/mol. The van der Waals surface area contributed by atoms with Gasteiger partial charge in [-0.15, -0.1) is 0 Å². The Morgan fingerprint density at radius 1 is 0.962 bits per heavy atom. The van der Waals surface area contributed by atoms with Crippen LogP contribution < -0.4 is 16.4 Å². The highest BCUT2D eigenvalue weighted by molar-refractivity contribution is 6.13. The monoisotopic (exact) mass is 343 g/mol. The number of rotatable bonds is 3. The minimum absolute atomic E-state index is 0.186. The molecule has 3 aromatic carbocycles. The van der Waals surface area contributed by atoms with Crippen LogP contribution in [0.5, 0.6) is 0 Å². The van der Waals surface area contributed by atoms with Crippen LogP contribution in [0.1, 0.15) is 26.3 Å². The van der Waals surface area contributed by atoms with E-state index < -0.39 is 0 Å². The van der Waals surface area contributed by atoms with Gasteiger partial charge in [0, 0.05) is 12.2 Å². The van der Waals surface area contributed by atoms with Gasteiger partial charge in [0.25, 0.3) is 11.8 Å². The fraction of sp³-hybridized carbons (Fsp3) is 0.0476. The second-order valence-electron chi connectivity index (χ2n) is 6.10. The Morgan fingerprint density at radius 3 is 2.46 bits per heavy atom. The lowest BCUT2D eigenvalue weighted by molar-refractivity contribution is 0.0966. The fourth-order valence-corrected chi connectivity index (χ4v) is 3.23. The Labute approximate surface area is 150 Å². The number of hydrogen-bond acceptors (Lipinski definition) is 3. The van der Waals surface area contributed by atoms with Gasteiger partial charge in [0.05, 0.1) is 16.8 Å². The summed E-state index contributed by atoms with van der Waals surface area (Å²) in [7, 11) is 0. The molecule has 0 unspecified atom stereocenters. The first kappa shape index (κ1) is 15.9. The van der Waals surface area contributed by atoms with Crippen molar-refractivity contribution in [1.82, 2.24) is 5.32 Å². The number of nitrogens with two attached hydrogens (primary N) is 1. The predicted molar refractivity (Wildman–Crippen MR) is 102 cm³/mol. The van der Waals surface area contributed by atoms with E-state index in [1.165, 1.54) is 0 Å². The molecule has 1 aliphatic rings. The van der Waals surface area contributed by atoms with E-state index in [4.69, 9.17) is 5.73 Å². The number of nitrogens with one attached hydrogen (secondary N) is 2. The Morgan fingerprint density at radius 2 is 1.69 bits per heavy atom. The molecule has 128 valence electrons. The molecule has 0 radical (unpaired) electrons. The van der Waals surface area contributed by atoms with Crippen LogP contribution >= 0.6 is 0 Å². The highest BCUT2D eigenvalue weighted by Crippen LogP contribution is 2.34. The first-order valence-electron chi connectivity index (χ1n) is 8.30. The van der Waals surface area contributed by atoms with E-state index >= 15 is 0 Å². The van der Waals surface area contributed by atoms with Crippen LogP contribution in [-0.4, -0.2) is 11.8 Å². The molecular formula is C21H17N3O2. The molecule has 0 spiro atoms. The van der Waals surface area contributed by atoms with E-state index in [9.17, 15) is 9.59 Å². The lowest BCUT2D eigenvalue weighted by Crippen LogP contribution is -2.18. The maximum Gasteiger partial charge on any atom is 0.257 e. The summed E-state index contributed by atoms with van der Waals surface area (Å²) < 4.78 is 0. The van der Waals surface area contributed by atoms with Crippen molar-refractivity contribution < 1.29 is 9.59 Å². The van der Waals surface area contributed by atoms with Crippen LogP contribution in [0.2, 0.25) is 0 Å². The van der Waals surface area contributed by atoms with Crippen LogP contribution in [0.3, 0.4) is 0 Å². The number of carbonyl (C=O) groups excluding carboxylic acids is 2. The molecule has 0 aliphatic carbocycles. The van der Waals surface area contributed by atoms with Gasteiger partial charge in [0.1, 0.15) is 0 Å². The third-order valence-electron chi connectivity index (χ3n) is 4.50. The van der Waals surface area contributed by atoms with Crippen molar-refractivity contribution in [2.24, 2.45) is 0 Å². The van der Waals surface area contributed by atoms with Crippen molar-refractivity contribution >= 4 is 23.2 Å². The molecule has 5 nitrogen and oxygen atoms in total. The number of para-hydroxylation sites is 1. The van der Waals surface area contributed by atoms with Crippen molar-refractivity contribution in [1.29, 1.82) is 0 Å². The molecule has 26 heavy (non-hydrogen) atoms. The second kappa shape index (κ2) is 6.37. The van der Waals surface area contributed by atoms with Gasteiger partial charge in [-0.2, -0.15) is 0 Å². The van der Waals surface area contributed by atoms with Gasteiger partial charge in [-0.05, 0) is 34.9 Å². The number of nitrogen functional groups attached to an aromatic ring is 1. The van der Waals surface area contributed by atoms with Gasteiger partial charge < -0.3 is 16.4 Å². The van der Waals surface area contributed by atoms with Crippen molar-refractivity contribution in [3.63, 3.8) is 0 Å². The summed E-state index contributed by atoms with van der Waals surface area (Å²) in [6.45, 7) is 0.440. The Bertz CT molecular complexity index is 1010. The van der Waals surface area contributed by atoms with E-state index in [0.717, 1.165) is 16.7 Å². The lowest BCUT2D eigenvalue weighted by atomic mass is 9.95. The minimum atomic E-state index is -0.336. The number of amides is 2. The molecule has 4 N–H and O–H groups in total. The smallest absolute Gasteiger partial charge is 0.257 e. The number of anilines is 2. The quantitative estimate of drug-likeness (QED) is 0.637. The first-order chi connectivity index (χ1) is 12.6. The first-order valence-corrected chi connectivity index (χ1v) is 8.30. The highest BCUT2D eigenvalue weighted by Gasteiger charge is 2.27. The average Bonchev–Trinajstić information content (AvgIpc) is 3.05. The maximum absolute atomic E-state index is 12.6. The van der Waals surface area contributed by atoms with Crippen molar-refractivity contribution in [2.45, 2.75) is 6.54 Å². The average molecular weight is 343 g/mol. The summed E-state index contributed by atoms with van der Waals surface area (Å²) in [6, 6.07) is 20.4. The molecule has 1 aliphatic heterocycles. The van der Waals surface area contributed by atoms with Crippen LogP contribution in [-0.2, 0) is 6.54 Å². The van der Waals surface area contributed by atoms with Gasteiger partial charge in [0.15, 0.2) is 0 Å². The Kier molecular flexibility index (Phi) is 3.89. The zero-order valence-corrected chi connectivity index (χ0v) is 14.0. The third-order valence-corrected chi connectivity index (χ3v) is 4.50.